The second kappa shape index (κ2) is 8.32. The highest BCUT2D eigenvalue weighted by Crippen LogP contribution is 2.19. The maximum atomic E-state index is 11.8. The van der Waals surface area contributed by atoms with Crippen molar-refractivity contribution in [1.82, 2.24) is 10.2 Å². The van der Waals surface area contributed by atoms with Crippen molar-refractivity contribution in [2.24, 2.45) is 11.7 Å². The summed E-state index contributed by atoms with van der Waals surface area (Å²) in [6.45, 7) is 5.74. The number of likely N-dealkylation sites (N-methyl/N-ethyl adjacent to an activating group) is 1. The van der Waals surface area contributed by atoms with Gasteiger partial charge >= 0.3 is 0 Å². The van der Waals surface area contributed by atoms with Gasteiger partial charge in [0, 0.05) is 23.7 Å². The van der Waals surface area contributed by atoms with Gasteiger partial charge in [-0.1, -0.05) is 49.8 Å². The smallest absolute Gasteiger partial charge is 0.234 e. The normalized spacial score (nSPS) is 11.0. The maximum absolute atomic E-state index is 11.8. The van der Waals surface area contributed by atoms with Gasteiger partial charge < -0.3 is 11.1 Å². The quantitative estimate of drug-likeness (QED) is 0.754. The number of hydrogen-bond donors (Lipinski definition) is 2. The van der Waals surface area contributed by atoms with E-state index in [1.54, 1.807) is 6.07 Å². The van der Waals surface area contributed by atoms with Gasteiger partial charge in [0.1, 0.15) is 4.99 Å². The van der Waals surface area contributed by atoms with E-state index in [1.807, 2.05) is 24.1 Å². The molecule has 0 spiro atoms. The second-order valence-corrected chi connectivity index (χ2v) is 6.39. The van der Waals surface area contributed by atoms with Gasteiger partial charge in [0.25, 0.3) is 0 Å². The van der Waals surface area contributed by atoms with E-state index in [0.29, 0.717) is 35.6 Å². The largest absolute Gasteiger partial charge is 0.389 e. The monoisotopic (exact) mass is 327 g/mol. The zero-order valence-corrected chi connectivity index (χ0v) is 14.2. The first-order valence-corrected chi connectivity index (χ1v) is 7.61. The van der Waals surface area contributed by atoms with Crippen molar-refractivity contribution < 1.29 is 4.79 Å². The summed E-state index contributed by atoms with van der Waals surface area (Å²) in [5, 5.41) is 3.50. The van der Waals surface area contributed by atoms with Gasteiger partial charge in [0.15, 0.2) is 0 Å². The molecule has 1 aromatic carbocycles. The fraction of sp³-hybridized carbons (Fsp3) is 0.467. The standard InChI is InChI=1S/C15H22ClN3OS/c1-10(2)7-18-14(20)9-19(3)8-12-5-4-11(15(17)21)6-13(12)16/h4-6,10H,7-9H2,1-3H3,(H2,17,21)(H,18,20). The number of thiocarbonyl (C=S) groups is 1. The molecule has 0 unspecified atom stereocenters. The van der Waals surface area contributed by atoms with E-state index in [9.17, 15) is 4.79 Å². The molecule has 0 aliphatic rings. The number of nitrogens with zero attached hydrogens (tertiary/aromatic N) is 1. The Morgan fingerprint density at radius 1 is 1.48 bits per heavy atom. The van der Waals surface area contributed by atoms with Crippen molar-refractivity contribution in [3.05, 3.63) is 34.3 Å². The molecule has 0 heterocycles. The van der Waals surface area contributed by atoms with Gasteiger partial charge in [-0.25, -0.2) is 0 Å². The molecule has 6 heteroatoms. The van der Waals surface area contributed by atoms with Crippen LogP contribution in [0.1, 0.15) is 25.0 Å². The van der Waals surface area contributed by atoms with E-state index in [0.717, 1.165) is 11.1 Å². The summed E-state index contributed by atoms with van der Waals surface area (Å²) in [7, 11) is 1.88. The van der Waals surface area contributed by atoms with Gasteiger partial charge in [0.2, 0.25) is 5.91 Å². The number of benzene rings is 1. The summed E-state index contributed by atoms with van der Waals surface area (Å²) < 4.78 is 0. The SMILES string of the molecule is CC(C)CNC(=O)CN(C)Cc1ccc(C(N)=S)cc1Cl. The van der Waals surface area contributed by atoms with Crippen LogP contribution in [0, 0.1) is 5.92 Å². The van der Waals surface area contributed by atoms with Crippen molar-refractivity contribution in [3.8, 4) is 0 Å². The fourth-order valence-electron chi connectivity index (χ4n) is 1.79. The molecule has 4 nitrogen and oxygen atoms in total. The van der Waals surface area contributed by atoms with Crippen LogP contribution in [0.4, 0.5) is 0 Å². The molecule has 1 rings (SSSR count). The van der Waals surface area contributed by atoms with Crippen LogP contribution in [0.2, 0.25) is 5.02 Å². The Balaban J connectivity index is 2.56. The lowest BCUT2D eigenvalue weighted by molar-refractivity contribution is -0.122. The summed E-state index contributed by atoms with van der Waals surface area (Å²) in [5.74, 6) is 0.462. The summed E-state index contributed by atoms with van der Waals surface area (Å²) in [6.07, 6.45) is 0. The second-order valence-electron chi connectivity index (χ2n) is 5.54. The van der Waals surface area contributed by atoms with E-state index in [4.69, 9.17) is 29.6 Å². The number of rotatable bonds is 7. The summed E-state index contributed by atoms with van der Waals surface area (Å²) >= 11 is 11.1. The molecule has 1 amide bonds. The Morgan fingerprint density at radius 3 is 2.67 bits per heavy atom. The first kappa shape index (κ1) is 17.9. The van der Waals surface area contributed by atoms with Crippen LogP contribution in [0.3, 0.4) is 0 Å². The molecule has 0 aliphatic carbocycles. The first-order valence-electron chi connectivity index (χ1n) is 6.83. The van der Waals surface area contributed by atoms with Crippen LogP contribution in [-0.4, -0.2) is 35.9 Å². The Bertz CT molecular complexity index is 520. The fourth-order valence-corrected chi connectivity index (χ4v) is 2.16. The number of hydrogen-bond acceptors (Lipinski definition) is 3. The number of amides is 1. The Labute approximate surface area is 136 Å². The zero-order chi connectivity index (χ0) is 16.0. The van der Waals surface area contributed by atoms with Gasteiger partial charge in [-0.05, 0) is 24.6 Å². The number of nitrogens with one attached hydrogen (secondary N) is 1. The Morgan fingerprint density at radius 2 is 2.14 bits per heavy atom. The highest BCUT2D eigenvalue weighted by Gasteiger charge is 2.10. The van der Waals surface area contributed by atoms with E-state index >= 15 is 0 Å². The number of carbonyl (C=O) groups excluding carboxylic acids is 1. The summed E-state index contributed by atoms with van der Waals surface area (Å²) in [6, 6.07) is 5.49. The number of carbonyl (C=O) groups is 1. The van der Waals surface area contributed by atoms with E-state index in [2.05, 4.69) is 19.2 Å². The van der Waals surface area contributed by atoms with Crippen LogP contribution in [-0.2, 0) is 11.3 Å². The van der Waals surface area contributed by atoms with Crippen LogP contribution in [0.25, 0.3) is 0 Å². The molecule has 0 saturated carbocycles. The van der Waals surface area contributed by atoms with Crippen LogP contribution < -0.4 is 11.1 Å². The molecule has 0 fully saturated rings. The molecular formula is C15H22ClN3OS. The molecule has 0 aromatic heterocycles. The third kappa shape index (κ3) is 6.42. The van der Waals surface area contributed by atoms with E-state index in [1.165, 1.54) is 0 Å². The van der Waals surface area contributed by atoms with Gasteiger partial charge in [0.05, 0.1) is 6.54 Å². The number of halogens is 1. The minimum Gasteiger partial charge on any atom is -0.389 e. The molecule has 1 aromatic rings. The minimum absolute atomic E-state index is 0.0158. The number of nitrogens with two attached hydrogens (primary N) is 1. The van der Waals surface area contributed by atoms with Crippen molar-refractivity contribution >= 4 is 34.7 Å². The first-order chi connectivity index (χ1) is 9.79. The molecule has 0 radical (unpaired) electrons. The molecule has 0 atom stereocenters. The predicted octanol–water partition coefficient (Wildman–Crippen LogP) is 2.18. The van der Waals surface area contributed by atoms with Gasteiger partial charge in [-0.2, -0.15) is 0 Å². The van der Waals surface area contributed by atoms with Gasteiger partial charge in [-0.3, -0.25) is 9.69 Å². The molecule has 0 aliphatic heterocycles. The Hall–Kier alpha value is -1.17. The zero-order valence-electron chi connectivity index (χ0n) is 12.6. The molecular weight excluding hydrogens is 306 g/mol. The average molecular weight is 328 g/mol. The van der Waals surface area contributed by atoms with Crippen LogP contribution >= 0.6 is 23.8 Å². The van der Waals surface area contributed by atoms with Crippen molar-refractivity contribution in [2.45, 2.75) is 20.4 Å². The van der Waals surface area contributed by atoms with Crippen molar-refractivity contribution in [3.63, 3.8) is 0 Å². The van der Waals surface area contributed by atoms with Crippen molar-refractivity contribution in [1.29, 1.82) is 0 Å². The molecule has 0 saturated heterocycles. The molecule has 0 bridgehead atoms. The lowest BCUT2D eigenvalue weighted by atomic mass is 10.1. The third-order valence-electron chi connectivity index (χ3n) is 2.90. The topological polar surface area (TPSA) is 58.4 Å². The highest BCUT2D eigenvalue weighted by molar-refractivity contribution is 7.80. The molecule has 3 N–H and O–H groups in total. The maximum Gasteiger partial charge on any atom is 0.234 e. The summed E-state index contributed by atoms with van der Waals surface area (Å²) in [4.78, 5) is 14.0. The molecule has 21 heavy (non-hydrogen) atoms. The van der Waals surface area contributed by atoms with Gasteiger partial charge in [-0.15, -0.1) is 0 Å². The van der Waals surface area contributed by atoms with E-state index < -0.39 is 0 Å². The lowest BCUT2D eigenvalue weighted by Crippen LogP contribution is -2.36. The molecule has 116 valence electrons. The van der Waals surface area contributed by atoms with Crippen molar-refractivity contribution in [2.75, 3.05) is 20.1 Å². The lowest BCUT2D eigenvalue weighted by Gasteiger charge is -2.18. The predicted molar refractivity (Wildman–Crippen MR) is 91.5 cm³/mol. The highest BCUT2D eigenvalue weighted by atomic mass is 35.5. The van der Waals surface area contributed by atoms with E-state index in [-0.39, 0.29) is 5.91 Å². The summed E-state index contributed by atoms with van der Waals surface area (Å²) in [5.41, 5.74) is 7.25. The average Bonchev–Trinajstić information content (AvgIpc) is 2.38. The minimum atomic E-state index is 0.0158. The third-order valence-corrected chi connectivity index (χ3v) is 3.49. The Kier molecular flexibility index (Phi) is 7.08. The van der Waals surface area contributed by atoms with Crippen LogP contribution in [0.5, 0.6) is 0 Å². The van der Waals surface area contributed by atoms with Crippen LogP contribution in [0.15, 0.2) is 18.2 Å².